The lowest BCUT2D eigenvalue weighted by molar-refractivity contribution is 0.554. The lowest BCUT2D eigenvalue weighted by Crippen LogP contribution is -2.13. The number of aromatic nitrogens is 3. The third-order valence-electron chi connectivity index (χ3n) is 3.48. The van der Waals surface area contributed by atoms with E-state index in [1.165, 1.54) is 12.1 Å². The Hall–Kier alpha value is -1.46. The van der Waals surface area contributed by atoms with Crippen molar-refractivity contribution in [2.24, 2.45) is 0 Å². The number of alkyl halides is 1. The minimum absolute atomic E-state index is 0.0648. The summed E-state index contributed by atoms with van der Waals surface area (Å²) in [6.07, 6.45) is 3.31. The van der Waals surface area contributed by atoms with E-state index in [0.717, 1.165) is 28.3 Å². The third-order valence-corrected chi connectivity index (χ3v) is 4.54. The molecular formula is C15H15ClFN3S. The first-order valence-corrected chi connectivity index (χ1v) is 8.27. The standard InChI is InChI=1S/C15H15ClFN3S/c1-2-12(15-18-7-8-21-15)20-13-9-10(17)3-4-11(13)19-14(20)5-6-16/h3-4,7-9,12H,2,5-6H2,1H3. The summed E-state index contributed by atoms with van der Waals surface area (Å²) in [7, 11) is 0. The molecule has 0 aliphatic heterocycles. The van der Waals surface area contributed by atoms with Crippen LogP contribution in [0.15, 0.2) is 29.8 Å². The van der Waals surface area contributed by atoms with Crippen LogP contribution < -0.4 is 0 Å². The van der Waals surface area contributed by atoms with E-state index in [1.807, 2.05) is 5.38 Å². The van der Waals surface area contributed by atoms with Crippen LogP contribution in [0.1, 0.15) is 30.2 Å². The smallest absolute Gasteiger partial charge is 0.125 e. The molecule has 3 rings (SSSR count). The van der Waals surface area contributed by atoms with Crippen LogP contribution in [0.25, 0.3) is 11.0 Å². The third kappa shape index (κ3) is 2.68. The van der Waals surface area contributed by atoms with Crippen molar-refractivity contribution < 1.29 is 4.39 Å². The number of nitrogens with zero attached hydrogens (tertiary/aromatic N) is 3. The summed E-state index contributed by atoms with van der Waals surface area (Å²) in [5, 5.41) is 2.97. The summed E-state index contributed by atoms with van der Waals surface area (Å²) in [6.45, 7) is 2.10. The van der Waals surface area contributed by atoms with Crippen molar-refractivity contribution in [3.63, 3.8) is 0 Å². The molecule has 3 nitrogen and oxygen atoms in total. The van der Waals surface area contributed by atoms with E-state index in [9.17, 15) is 4.39 Å². The van der Waals surface area contributed by atoms with E-state index in [4.69, 9.17) is 11.6 Å². The van der Waals surface area contributed by atoms with Gasteiger partial charge < -0.3 is 4.57 Å². The molecule has 0 N–H and O–H groups in total. The summed E-state index contributed by atoms with van der Waals surface area (Å²) in [5.74, 6) is 1.11. The normalized spacial score (nSPS) is 12.9. The zero-order valence-electron chi connectivity index (χ0n) is 11.6. The van der Waals surface area contributed by atoms with E-state index in [2.05, 4.69) is 21.5 Å². The van der Waals surface area contributed by atoms with Crippen LogP contribution in [0.5, 0.6) is 0 Å². The monoisotopic (exact) mass is 323 g/mol. The zero-order chi connectivity index (χ0) is 14.8. The van der Waals surface area contributed by atoms with Gasteiger partial charge in [-0.05, 0) is 24.6 Å². The molecular weight excluding hydrogens is 309 g/mol. The van der Waals surface area contributed by atoms with Crippen LogP contribution in [0.3, 0.4) is 0 Å². The van der Waals surface area contributed by atoms with E-state index in [0.29, 0.717) is 12.3 Å². The van der Waals surface area contributed by atoms with Gasteiger partial charge in [0.15, 0.2) is 0 Å². The van der Waals surface area contributed by atoms with E-state index >= 15 is 0 Å². The van der Waals surface area contributed by atoms with Gasteiger partial charge >= 0.3 is 0 Å². The number of imidazole rings is 1. The molecule has 110 valence electrons. The van der Waals surface area contributed by atoms with Gasteiger partial charge in [-0.3, -0.25) is 0 Å². The Bertz CT molecular complexity index is 739. The van der Waals surface area contributed by atoms with Crippen molar-refractivity contribution in [2.75, 3.05) is 5.88 Å². The molecule has 0 aliphatic rings. The van der Waals surface area contributed by atoms with Crippen molar-refractivity contribution in [1.82, 2.24) is 14.5 Å². The van der Waals surface area contributed by atoms with Crippen molar-refractivity contribution >= 4 is 34.0 Å². The number of benzene rings is 1. The highest BCUT2D eigenvalue weighted by atomic mass is 35.5. The van der Waals surface area contributed by atoms with Crippen molar-refractivity contribution in [3.8, 4) is 0 Å². The Morgan fingerprint density at radius 1 is 1.43 bits per heavy atom. The Balaban J connectivity index is 2.22. The van der Waals surface area contributed by atoms with E-state index in [1.54, 1.807) is 23.6 Å². The Labute approximate surface area is 131 Å². The molecule has 0 saturated carbocycles. The second-order valence-electron chi connectivity index (χ2n) is 4.76. The summed E-state index contributed by atoms with van der Waals surface area (Å²) < 4.78 is 15.7. The van der Waals surface area contributed by atoms with Crippen LogP contribution >= 0.6 is 22.9 Å². The van der Waals surface area contributed by atoms with Crippen LogP contribution in [0, 0.1) is 5.82 Å². The molecule has 2 aromatic heterocycles. The maximum absolute atomic E-state index is 13.6. The van der Waals surface area contributed by atoms with Crippen LogP contribution in [0.4, 0.5) is 4.39 Å². The molecule has 1 aromatic carbocycles. The van der Waals surface area contributed by atoms with Gasteiger partial charge in [0.05, 0.1) is 17.1 Å². The number of fused-ring (bicyclic) bond motifs is 1. The predicted molar refractivity (Wildman–Crippen MR) is 84.7 cm³/mol. The Morgan fingerprint density at radius 3 is 2.95 bits per heavy atom. The highest BCUT2D eigenvalue weighted by molar-refractivity contribution is 7.09. The fourth-order valence-corrected chi connectivity index (χ4v) is 3.57. The molecule has 2 heterocycles. The number of rotatable bonds is 5. The Morgan fingerprint density at radius 2 is 2.29 bits per heavy atom. The lowest BCUT2D eigenvalue weighted by atomic mass is 10.2. The van der Waals surface area contributed by atoms with Gasteiger partial charge in [0.1, 0.15) is 16.6 Å². The maximum atomic E-state index is 13.6. The fraction of sp³-hybridized carbons (Fsp3) is 0.333. The SMILES string of the molecule is CCC(c1nccs1)n1c(CCCl)nc2ccc(F)cc21. The molecule has 0 fully saturated rings. The van der Waals surface area contributed by atoms with E-state index < -0.39 is 0 Å². The van der Waals surface area contributed by atoms with Gasteiger partial charge in [0.25, 0.3) is 0 Å². The molecule has 21 heavy (non-hydrogen) atoms. The number of hydrogen-bond donors (Lipinski definition) is 0. The van der Waals surface area contributed by atoms with Crippen LogP contribution in [0.2, 0.25) is 0 Å². The zero-order valence-corrected chi connectivity index (χ0v) is 13.2. The van der Waals surface area contributed by atoms with Crippen molar-refractivity contribution in [1.29, 1.82) is 0 Å². The molecule has 3 aromatic rings. The minimum atomic E-state index is -0.255. The second kappa shape index (κ2) is 6.12. The van der Waals surface area contributed by atoms with Gasteiger partial charge in [-0.15, -0.1) is 22.9 Å². The molecule has 6 heteroatoms. The highest BCUT2D eigenvalue weighted by Crippen LogP contribution is 2.30. The molecule has 0 aliphatic carbocycles. The molecule has 1 atom stereocenters. The number of aryl methyl sites for hydroxylation is 1. The molecule has 0 amide bonds. The lowest BCUT2D eigenvalue weighted by Gasteiger charge is -2.18. The summed E-state index contributed by atoms with van der Waals surface area (Å²) in [4.78, 5) is 9.03. The fourth-order valence-electron chi connectivity index (χ4n) is 2.59. The molecule has 0 bridgehead atoms. The first-order valence-electron chi connectivity index (χ1n) is 6.86. The predicted octanol–water partition coefficient (Wildman–Crippen LogP) is 4.41. The van der Waals surface area contributed by atoms with Crippen LogP contribution in [-0.4, -0.2) is 20.4 Å². The van der Waals surface area contributed by atoms with Gasteiger partial charge in [0, 0.05) is 23.9 Å². The minimum Gasteiger partial charge on any atom is -0.318 e. The summed E-state index contributed by atoms with van der Waals surface area (Å²) in [6, 6.07) is 4.76. The molecule has 1 unspecified atom stereocenters. The van der Waals surface area contributed by atoms with Gasteiger partial charge in [-0.2, -0.15) is 0 Å². The second-order valence-corrected chi connectivity index (χ2v) is 6.07. The topological polar surface area (TPSA) is 30.7 Å². The first kappa shape index (κ1) is 14.5. The number of thiazole rings is 1. The van der Waals surface area contributed by atoms with Gasteiger partial charge in [-0.25, -0.2) is 14.4 Å². The number of halogens is 2. The summed E-state index contributed by atoms with van der Waals surface area (Å²) in [5.41, 5.74) is 1.60. The van der Waals surface area contributed by atoms with Gasteiger partial charge in [-0.1, -0.05) is 6.92 Å². The Kier molecular flexibility index (Phi) is 4.22. The highest BCUT2D eigenvalue weighted by Gasteiger charge is 2.21. The average molecular weight is 324 g/mol. The van der Waals surface area contributed by atoms with Crippen LogP contribution in [-0.2, 0) is 6.42 Å². The van der Waals surface area contributed by atoms with Gasteiger partial charge in [0.2, 0.25) is 0 Å². The van der Waals surface area contributed by atoms with E-state index in [-0.39, 0.29) is 11.9 Å². The number of hydrogen-bond acceptors (Lipinski definition) is 3. The average Bonchev–Trinajstić information content (AvgIpc) is 3.10. The largest absolute Gasteiger partial charge is 0.318 e. The first-order chi connectivity index (χ1) is 10.2. The van der Waals surface area contributed by atoms with Crippen molar-refractivity contribution in [2.45, 2.75) is 25.8 Å². The maximum Gasteiger partial charge on any atom is 0.125 e. The summed E-state index contributed by atoms with van der Waals surface area (Å²) >= 11 is 7.51. The molecule has 0 saturated heterocycles. The molecule has 0 radical (unpaired) electrons. The quantitative estimate of drug-likeness (QED) is 0.651. The van der Waals surface area contributed by atoms with Crippen molar-refractivity contribution in [3.05, 3.63) is 46.4 Å². The molecule has 0 spiro atoms.